The first-order valence-electron chi connectivity index (χ1n) is 9.88. The summed E-state index contributed by atoms with van der Waals surface area (Å²) >= 11 is 0. The predicted molar refractivity (Wildman–Crippen MR) is 116 cm³/mol. The molecule has 4 N–H and O–H groups in total. The molecule has 5 rings (SSSR count). The highest BCUT2D eigenvalue weighted by Crippen LogP contribution is 2.43. The molecule has 3 aromatic heterocycles. The number of nitrogens with zero attached hydrogens (tertiary/aromatic N) is 4. The van der Waals surface area contributed by atoms with Gasteiger partial charge in [-0.25, -0.2) is 13.8 Å². The lowest BCUT2D eigenvalue weighted by Gasteiger charge is -2.23. The van der Waals surface area contributed by atoms with Crippen molar-refractivity contribution in [2.45, 2.75) is 12.5 Å². The van der Waals surface area contributed by atoms with E-state index < -0.39 is 11.6 Å². The van der Waals surface area contributed by atoms with Crippen molar-refractivity contribution in [1.82, 2.24) is 15.0 Å². The quantitative estimate of drug-likeness (QED) is 0.469. The van der Waals surface area contributed by atoms with Crippen molar-refractivity contribution in [3.63, 3.8) is 0 Å². The van der Waals surface area contributed by atoms with E-state index in [4.69, 9.17) is 5.73 Å². The van der Waals surface area contributed by atoms with Gasteiger partial charge in [0.1, 0.15) is 11.7 Å². The van der Waals surface area contributed by atoms with Crippen LogP contribution < -0.4 is 16.0 Å². The molecule has 0 aliphatic carbocycles. The minimum absolute atomic E-state index is 0.0284. The molecule has 0 radical (unpaired) electrons. The number of nitriles is 1. The molecule has 1 aliphatic rings. The zero-order valence-corrected chi connectivity index (χ0v) is 16.7. The zero-order chi connectivity index (χ0) is 21.7. The maximum Gasteiger partial charge on any atom is 0.169 e. The number of rotatable bonds is 3. The number of H-pyrrole nitrogens is 1. The highest BCUT2D eigenvalue weighted by molar-refractivity contribution is 6.18. The second-order valence-corrected chi connectivity index (χ2v) is 7.66. The van der Waals surface area contributed by atoms with Crippen molar-refractivity contribution < 1.29 is 8.78 Å². The number of nitrogens with one attached hydrogen (secondary N) is 2. The average molecular weight is 419 g/mol. The van der Waals surface area contributed by atoms with Crippen LogP contribution in [0.25, 0.3) is 33.1 Å². The van der Waals surface area contributed by atoms with E-state index in [1.807, 2.05) is 0 Å². The third kappa shape index (κ3) is 2.95. The molecule has 4 aromatic rings. The molecule has 0 bridgehead atoms. The lowest BCUT2D eigenvalue weighted by molar-refractivity contribution is 0.518. The molecule has 31 heavy (non-hydrogen) atoms. The molecule has 1 aromatic carbocycles. The largest absolute Gasteiger partial charge is 0.386 e. The Balaban J connectivity index is 1.91. The third-order valence-corrected chi connectivity index (χ3v) is 5.75. The molecule has 9 heteroatoms. The summed E-state index contributed by atoms with van der Waals surface area (Å²) < 4.78 is 29.6. The molecule has 1 aliphatic heterocycles. The first-order chi connectivity index (χ1) is 15.0. The number of halogens is 2. The molecular formula is C22H19F2N7. The van der Waals surface area contributed by atoms with Gasteiger partial charge in [0.2, 0.25) is 0 Å². The summed E-state index contributed by atoms with van der Waals surface area (Å²) in [7, 11) is 1.65. The molecule has 0 amide bonds. The molecule has 1 atom stereocenters. The Morgan fingerprint density at radius 1 is 1.26 bits per heavy atom. The SMILES string of the molecule is CNc1cc(F)c(F)c2c1[nH]c1ncc(-c3cncc(C#N)c3)c(N3CCC(N)C3)c12. The number of hydrogen-bond donors (Lipinski definition) is 3. The van der Waals surface area contributed by atoms with Crippen LogP contribution in [0.15, 0.2) is 30.7 Å². The highest BCUT2D eigenvalue weighted by atomic mass is 19.2. The first kappa shape index (κ1) is 19.2. The summed E-state index contributed by atoms with van der Waals surface area (Å²) in [6, 6.07) is 4.89. The molecule has 0 spiro atoms. The van der Waals surface area contributed by atoms with Gasteiger partial charge in [0.15, 0.2) is 11.6 Å². The summed E-state index contributed by atoms with van der Waals surface area (Å²) in [4.78, 5) is 13.9. The molecular weight excluding hydrogens is 400 g/mol. The van der Waals surface area contributed by atoms with Gasteiger partial charge in [0, 0.05) is 62.0 Å². The standard InChI is InChI=1S/C22H19F2N7/c1-27-16-5-15(23)19(24)17-18-21(31-3-2-13(26)10-31)14(9-29-22(18)30-20(16)17)12-4-11(6-25)7-28-8-12/h4-5,7-9,13,27H,2-3,10,26H2,1H3,(H,29,30). The monoisotopic (exact) mass is 419 g/mol. The Kier molecular flexibility index (Phi) is 4.45. The minimum Gasteiger partial charge on any atom is -0.386 e. The van der Waals surface area contributed by atoms with E-state index >= 15 is 4.39 Å². The van der Waals surface area contributed by atoms with Gasteiger partial charge in [0.05, 0.1) is 33.2 Å². The van der Waals surface area contributed by atoms with Crippen LogP contribution in [-0.4, -0.2) is 41.1 Å². The van der Waals surface area contributed by atoms with Gasteiger partial charge in [-0.15, -0.1) is 0 Å². The van der Waals surface area contributed by atoms with E-state index in [0.717, 1.165) is 12.5 Å². The van der Waals surface area contributed by atoms with Gasteiger partial charge in [-0.3, -0.25) is 4.98 Å². The van der Waals surface area contributed by atoms with Gasteiger partial charge in [-0.1, -0.05) is 0 Å². The maximum absolute atomic E-state index is 15.1. The Morgan fingerprint density at radius 3 is 2.81 bits per heavy atom. The molecule has 0 saturated carbocycles. The molecule has 4 heterocycles. The number of aromatic nitrogens is 3. The smallest absolute Gasteiger partial charge is 0.169 e. The number of anilines is 2. The van der Waals surface area contributed by atoms with E-state index in [2.05, 4.69) is 31.2 Å². The van der Waals surface area contributed by atoms with Crippen molar-refractivity contribution in [3.8, 4) is 17.2 Å². The number of fused-ring (bicyclic) bond motifs is 3. The van der Waals surface area contributed by atoms with E-state index in [1.54, 1.807) is 25.5 Å². The molecule has 7 nitrogen and oxygen atoms in total. The Morgan fingerprint density at radius 2 is 2.10 bits per heavy atom. The first-order valence-corrected chi connectivity index (χ1v) is 9.88. The third-order valence-electron chi connectivity index (χ3n) is 5.75. The highest BCUT2D eigenvalue weighted by Gasteiger charge is 2.28. The van der Waals surface area contributed by atoms with Crippen LogP contribution in [0.5, 0.6) is 0 Å². The zero-order valence-electron chi connectivity index (χ0n) is 16.7. The summed E-state index contributed by atoms with van der Waals surface area (Å²) in [5, 5.41) is 12.8. The summed E-state index contributed by atoms with van der Waals surface area (Å²) in [5.74, 6) is -1.88. The van der Waals surface area contributed by atoms with Crippen molar-refractivity contribution in [2.75, 3.05) is 30.4 Å². The lowest BCUT2D eigenvalue weighted by atomic mass is 10.0. The molecule has 1 unspecified atom stereocenters. The predicted octanol–water partition coefficient (Wildman–Crippen LogP) is 3.51. The van der Waals surface area contributed by atoms with Crippen LogP contribution in [0.4, 0.5) is 20.2 Å². The summed E-state index contributed by atoms with van der Waals surface area (Å²) in [6.07, 6.45) is 5.55. The van der Waals surface area contributed by atoms with Crippen molar-refractivity contribution in [1.29, 1.82) is 5.26 Å². The second-order valence-electron chi connectivity index (χ2n) is 7.66. The van der Waals surface area contributed by atoms with E-state index in [-0.39, 0.29) is 11.4 Å². The van der Waals surface area contributed by atoms with Gasteiger partial charge < -0.3 is 20.9 Å². The summed E-state index contributed by atoms with van der Waals surface area (Å²) in [6.45, 7) is 1.24. The Hall–Kier alpha value is -3.77. The number of nitrogens with two attached hydrogens (primary N) is 1. The Labute approximate surface area is 176 Å². The number of benzene rings is 1. The van der Waals surface area contributed by atoms with Gasteiger partial charge in [0.25, 0.3) is 0 Å². The Bertz CT molecular complexity index is 1370. The van der Waals surface area contributed by atoms with Crippen LogP contribution in [0, 0.1) is 23.0 Å². The lowest BCUT2D eigenvalue weighted by Crippen LogP contribution is -2.26. The number of aromatic amines is 1. The van der Waals surface area contributed by atoms with E-state index in [1.165, 1.54) is 6.20 Å². The molecule has 1 saturated heterocycles. The van der Waals surface area contributed by atoms with Crippen LogP contribution in [0.3, 0.4) is 0 Å². The van der Waals surface area contributed by atoms with E-state index in [0.29, 0.717) is 57.7 Å². The van der Waals surface area contributed by atoms with E-state index in [9.17, 15) is 9.65 Å². The maximum atomic E-state index is 15.1. The summed E-state index contributed by atoms with van der Waals surface area (Å²) in [5.41, 5.74) is 9.94. The van der Waals surface area contributed by atoms with Crippen molar-refractivity contribution >= 4 is 33.3 Å². The van der Waals surface area contributed by atoms with Crippen LogP contribution in [0.1, 0.15) is 12.0 Å². The molecule has 1 fully saturated rings. The molecule has 156 valence electrons. The van der Waals surface area contributed by atoms with Gasteiger partial charge in [-0.2, -0.15) is 5.26 Å². The topological polar surface area (TPSA) is 107 Å². The number of pyridine rings is 2. The van der Waals surface area contributed by atoms with Crippen LogP contribution >= 0.6 is 0 Å². The van der Waals surface area contributed by atoms with Crippen molar-refractivity contribution in [2.24, 2.45) is 5.73 Å². The van der Waals surface area contributed by atoms with Gasteiger partial charge >= 0.3 is 0 Å². The minimum atomic E-state index is -0.944. The average Bonchev–Trinajstić information content (AvgIpc) is 3.39. The fourth-order valence-electron chi connectivity index (χ4n) is 4.32. The van der Waals surface area contributed by atoms with Crippen LogP contribution in [0.2, 0.25) is 0 Å². The number of hydrogen-bond acceptors (Lipinski definition) is 6. The van der Waals surface area contributed by atoms with Crippen LogP contribution in [-0.2, 0) is 0 Å². The fourth-order valence-corrected chi connectivity index (χ4v) is 4.32. The van der Waals surface area contributed by atoms with Gasteiger partial charge in [-0.05, 0) is 12.5 Å². The normalized spacial score (nSPS) is 16.2. The van der Waals surface area contributed by atoms with Crippen molar-refractivity contribution in [3.05, 3.63) is 47.9 Å². The second kappa shape index (κ2) is 7.18. The fraction of sp³-hybridized carbons (Fsp3) is 0.227.